The summed E-state index contributed by atoms with van der Waals surface area (Å²) in [5.41, 5.74) is 9.85. The quantitative estimate of drug-likeness (QED) is 0.672. The lowest BCUT2D eigenvalue weighted by atomic mass is 10.1. The van der Waals surface area contributed by atoms with Crippen LogP contribution in [-0.2, 0) is 0 Å². The third kappa shape index (κ3) is 3.13. The van der Waals surface area contributed by atoms with Crippen LogP contribution in [0.15, 0.2) is 40.6 Å². The molecule has 2 N–H and O–H groups in total. The molecule has 0 aliphatic rings. The molecule has 0 radical (unpaired) electrons. The molecule has 0 aliphatic heterocycles. The van der Waals surface area contributed by atoms with Gasteiger partial charge in [-0.15, -0.1) is 10.2 Å². The molecule has 21 heavy (non-hydrogen) atoms. The number of nitrogen functional groups attached to an aromatic ring is 1. The number of rotatable bonds is 4. The Morgan fingerprint density at radius 2 is 1.33 bits per heavy atom. The van der Waals surface area contributed by atoms with Crippen LogP contribution in [0.4, 0.5) is 17.1 Å². The van der Waals surface area contributed by atoms with Crippen LogP contribution in [0.5, 0.6) is 11.5 Å². The van der Waals surface area contributed by atoms with E-state index in [1.807, 2.05) is 32.0 Å². The van der Waals surface area contributed by atoms with Crippen LogP contribution < -0.4 is 15.2 Å². The van der Waals surface area contributed by atoms with Gasteiger partial charge in [-0.25, -0.2) is 0 Å². The number of methoxy groups -OCH3 is 2. The number of benzene rings is 2. The highest BCUT2D eigenvalue weighted by Gasteiger charge is 2.11. The fourth-order valence-corrected chi connectivity index (χ4v) is 2.08. The Balaban J connectivity index is 2.50. The van der Waals surface area contributed by atoms with Gasteiger partial charge in [0.2, 0.25) is 0 Å². The molecule has 0 bridgehead atoms. The first-order chi connectivity index (χ1) is 10.1. The molecule has 0 amide bonds. The van der Waals surface area contributed by atoms with Crippen molar-refractivity contribution in [3.05, 3.63) is 41.5 Å². The van der Waals surface area contributed by atoms with Crippen LogP contribution in [0.25, 0.3) is 0 Å². The molecule has 0 heterocycles. The van der Waals surface area contributed by atoms with Crippen molar-refractivity contribution in [2.45, 2.75) is 13.8 Å². The Morgan fingerprint density at radius 3 is 1.81 bits per heavy atom. The van der Waals surface area contributed by atoms with Gasteiger partial charge >= 0.3 is 0 Å². The summed E-state index contributed by atoms with van der Waals surface area (Å²) in [6.45, 7) is 4.00. The maximum absolute atomic E-state index is 5.80. The molecule has 0 atom stereocenters. The third-order valence-corrected chi connectivity index (χ3v) is 3.19. The summed E-state index contributed by atoms with van der Waals surface area (Å²) < 4.78 is 10.6. The number of nitrogens with zero attached hydrogens (tertiary/aromatic N) is 2. The van der Waals surface area contributed by atoms with Gasteiger partial charge in [0.15, 0.2) is 17.2 Å². The first-order valence-corrected chi connectivity index (χ1v) is 6.56. The van der Waals surface area contributed by atoms with Crippen LogP contribution in [0.1, 0.15) is 11.1 Å². The van der Waals surface area contributed by atoms with Crippen LogP contribution in [0, 0.1) is 13.8 Å². The SMILES string of the molecule is COc1cc(N)cc(OC)c1N=Nc1c(C)cccc1C. The van der Waals surface area contributed by atoms with Gasteiger partial charge in [-0.1, -0.05) is 18.2 Å². The van der Waals surface area contributed by atoms with Crippen LogP contribution in [-0.4, -0.2) is 14.2 Å². The Morgan fingerprint density at radius 1 is 0.857 bits per heavy atom. The molecular weight excluding hydrogens is 266 g/mol. The van der Waals surface area contributed by atoms with E-state index in [9.17, 15) is 0 Å². The summed E-state index contributed by atoms with van der Waals surface area (Å²) in [6.07, 6.45) is 0. The van der Waals surface area contributed by atoms with Gasteiger partial charge in [-0.3, -0.25) is 0 Å². The van der Waals surface area contributed by atoms with E-state index < -0.39 is 0 Å². The third-order valence-electron chi connectivity index (χ3n) is 3.19. The molecule has 0 saturated heterocycles. The molecule has 110 valence electrons. The van der Waals surface area contributed by atoms with Crippen molar-refractivity contribution in [3.8, 4) is 11.5 Å². The van der Waals surface area contributed by atoms with Crippen molar-refractivity contribution < 1.29 is 9.47 Å². The first kappa shape index (κ1) is 14.8. The number of aryl methyl sites for hydroxylation is 2. The number of nitrogens with two attached hydrogens (primary N) is 1. The lowest BCUT2D eigenvalue weighted by molar-refractivity contribution is 0.397. The van der Waals surface area contributed by atoms with Crippen molar-refractivity contribution in [1.29, 1.82) is 0 Å². The van der Waals surface area contributed by atoms with Crippen LogP contribution in [0.3, 0.4) is 0 Å². The zero-order chi connectivity index (χ0) is 15.4. The molecule has 2 aromatic rings. The maximum atomic E-state index is 5.80. The number of hydrogen-bond donors (Lipinski definition) is 1. The first-order valence-electron chi connectivity index (χ1n) is 6.56. The Kier molecular flexibility index (Phi) is 4.42. The Hall–Kier alpha value is -2.56. The van der Waals surface area contributed by atoms with E-state index in [2.05, 4.69) is 10.2 Å². The number of ether oxygens (including phenoxy) is 2. The second kappa shape index (κ2) is 6.26. The van der Waals surface area contributed by atoms with Gasteiger partial charge in [-0.05, 0) is 25.0 Å². The highest BCUT2D eigenvalue weighted by Crippen LogP contribution is 2.40. The minimum atomic E-state index is 0.525. The van der Waals surface area contributed by atoms with Crippen molar-refractivity contribution in [2.24, 2.45) is 10.2 Å². The van der Waals surface area contributed by atoms with Gasteiger partial charge in [0, 0.05) is 17.8 Å². The van der Waals surface area contributed by atoms with E-state index in [4.69, 9.17) is 15.2 Å². The smallest absolute Gasteiger partial charge is 0.170 e. The minimum absolute atomic E-state index is 0.525. The van der Waals surface area contributed by atoms with E-state index in [-0.39, 0.29) is 0 Å². The molecule has 0 fully saturated rings. The average Bonchev–Trinajstić information content (AvgIpc) is 2.47. The highest BCUT2D eigenvalue weighted by atomic mass is 16.5. The summed E-state index contributed by atoms with van der Waals surface area (Å²) in [7, 11) is 3.12. The normalized spacial score (nSPS) is 10.9. The average molecular weight is 285 g/mol. The summed E-state index contributed by atoms with van der Waals surface area (Å²) in [4.78, 5) is 0. The van der Waals surface area contributed by atoms with Gasteiger partial charge in [0.25, 0.3) is 0 Å². The Labute approximate surface area is 124 Å². The van der Waals surface area contributed by atoms with Gasteiger partial charge in [0.1, 0.15) is 0 Å². The van der Waals surface area contributed by atoms with E-state index in [0.717, 1.165) is 16.8 Å². The lowest BCUT2D eigenvalue weighted by Crippen LogP contribution is -1.92. The number of hydrogen-bond acceptors (Lipinski definition) is 5. The topological polar surface area (TPSA) is 69.2 Å². The molecule has 2 rings (SSSR count). The monoisotopic (exact) mass is 285 g/mol. The standard InChI is InChI=1S/C16H19N3O2/c1-10-6-5-7-11(2)15(10)18-19-16-13(20-3)8-12(17)9-14(16)21-4/h5-9H,17H2,1-4H3. The fourth-order valence-electron chi connectivity index (χ4n) is 2.08. The summed E-state index contributed by atoms with van der Waals surface area (Å²) in [5.74, 6) is 1.06. The molecule has 0 spiro atoms. The number of anilines is 1. The van der Waals surface area contributed by atoms with Gasteiger partial charge in [0.05, 0.1) is 19.9 Å². The van der Waals surface area contributed by atoms with Crippen molar-refractivity contribution in [2.75, 3.05) is 20.0 Å². The van der Waals surface area contributed by atoms with Gasteiger partial charge in [-0.2, -0.15) is 0 Å². The lowest BCUT2D eigenvalue weighted by Gasteiger charge is -2.10. The second-order valence-corrected chi connectivity index (χ2v) is 4.71. The molecule has 0 aromatic heterocycles. The molecule has 5 nitrogen and oxygen atoms in total. The van der Waals surface area contributed by atoms with Crippen LogP contribution in [0.2, 0.25) is 0 Å². The molecule has 0 aliphatic carbocycles. The summed E-state index contributed by atoms with van der Waals surface area (Å²) >= 11 is 0. The predicted octanol–water partition coefficient (Wildman–Crippen LogP) is 4.32. The number of azo groups is 1. The zero-order valence-corrected chi connectivity index (χ0v) is 12.7. The minimum Gasteiger partial charge on any atom is -0.494 e. The van der Waals surface area contributed by atoms with E-state index in [1.54, 1.807) is 26.4 Å². The van der Waals surface area contributed by atoms with Crippen molar-refractivity contribution >= 4 is 17.1 Å². The summed E-state index contributed by atoms with van der Waals surface area (Å²) in [6, 6.07) is 9.38. The van der Waals surface area contributed by atoms with Crippen LogP contribution >= 0.6 is 0 Å². The zero-order valence-electron chi connectivity index (χ0n) is 12.7. The highest BCUT2D eigenvalue weighted by molar-refractivity contribution is 5.68. The van der Waals surface area contributed by atoms with E-state index in [1.165, 1.54) is 0 Å². The molecule has 0 saturated carbocycles. The fraction of sp³-hybridized carbons (Fsp3) is 0.250. The van der Waals surface area contributed by atoms with E-state index in [0.29, 0.717) is 22.9 Å². The molecular formula is C16H19N3O2. The van der Waals surface area contributed by atoms with Crippen molar-refractivity contribution in [3.63, 3.8) is 0 Å². The molecule has 0 unspecified atom stereocenters. The molecule has 5 heteroatoms. The predicted molar refractivity (Wildman–Crippen MR) is 84.1 cm³/mol. The molecule has 2 aromatic carbocycles. The maximum Gasteiger partial charge on any atom is 0.170 e. The largest absolute Gasteiger partial charge is 0.494 e. The summed E-state index contributed by atoms with van der Waals surface area (Å²) in [5, 5.41) is 8.65. The van der Waals surface area contributed by atoms with Gasteiger partial charge < -0.3 is 15.2 Å². The Bertz CT molecular complexity index is 636. The van der Waals surface area contributed by atoms with Crippen molar-refractivity contribution in [1.82, 2.24) is 0 Å². The van der Waals surface area contributed by atoms with E-state index >= 15 is 0 Å². The second-order valence-electron chi connectivity index (χ2n) is 4.71.